The highest BCUT2D eigenvalue weighted by Crippen LogP contribution is 2.20. The van der Waals surface area contributed by atoms with Crippen LogP contribution in [-0.4, -0.2) is 32.4 Å². The number of hydrogen-bond donors (Lipinski definition) is 0. The Morgan fingerprint density at radius 1 is 1.00 bits per heavy atom. The average molecular weight is 442 g/mol. The Hall–Kier alpha value is -4.33. The van der Waals surface area contributed by atoms with Crippen LogP contribution in [0.1, 0.15) is 27.4 Å². The molecule has 1 amide bonds. The predicted molar refractivity (Wildman–Crippen MR) is 122 cm³/mol. The predicted octanol–water partition coefficient (Wildman–Crippen LogP) is 4.84. The molecule has 0 atom stereocenters. The van der Waals surface area contributed by atoms with Gasteiger partial charge in [0.2, 0.25) is 11.7 Å². The lowest BCUT2D eigenvalue weighted by molar-refractivity contribution is -0.384. The van der Waals surface area contributed by atoms with E-state index >= 15 is 0 Å². The molecule has 0 saturated heterocycles. The molecular weight excluding hydrogens is 420 g/mol. The molecule has 0 fully saturated rings. The number of rotatable bonds is 8. The highest BCUT2D eigenvalue weighted by Gasteiger charge is 2.18. The Balaban J connectivity index is 1.49. The first-order valence-electron chi connectivity index (χ1n) is 10.5. The molecule has 0 unspecified atom stereocenters. The highest BCUT2D eigenvalue weighted by atomic mass is 16.6. The van der Waals surface area contributed by atoms with Crippen molar-refractivity contribution in [1.82, 2.24) is 15.0 Å². The normalized spacial score (nSPS) is 10.7. The maximum Gasteiger partial charge on any atom is 0.269 e. The summed E-state index contributed by atoms with van der Waals surface area (Å²) in [5, 5.41) is 14.8. The molecule has 1 heterocycles. The number of benzene rings is 3. The maximum atomic E-state index is 13.2. The Morgan fingerprint density at radius 2 is 1.70 bits per heavy atom. The summed E-state index contributed by atoms with van der Waals surface area (Å²) in [6.45, 7) is 2.83. The molecule has 4 aromatic rings. The van der Waals surface area contributed by atoms with E-state index in [1.807, 2.05) is 61.5 Å². The summed E-state index contributed by atoms with van der Waals surface area (Å²) < 4.78 is 5.37. The zero-order valence-corrected chi connectivity index (χ0v) is 18.0. The largest absolute Gasteiger partial charge is 0.339 e. The van der Waals surface area contributed by atoms with E-state index in [2.05, 4.69) is 10.1 Å². The van der Waals surface area contributed by atoms with E-state index in [9.17, 15) is 14.9 Å². The average Bonchev–Trinajstić information content (AvgIpc) is 3.31. The molecule has 166 valence electrons. The van der Waals surface area contributed by atoms with E-state index in [-0.39, 0.29) is 11.6 Å². The van der Waals surface area contributed by atoms with Crippen LogP contribution in [0.25, 0.3) is 11.4 Å². The summed E-state index contributed by atoms with van der Waals surface area (Å²) in [6.07, 6.45) is 0.379. The van der Waals surface area contributed by atoms with Gasteiger partial charge in [0.25, 0.3) is 11.6 Å². The number of amides is 1. The molecule has 0 saturated carbocycles. The SMILES string of the molecule is Cc1ccc(C(=O)N(CCc2nc(-c3ccc([N+](=O)[O-])cc3)no2)Cc2ccccc2)cc1. The van der Waals surface area contributed by atoms with Crippen molar-refractivity contribution in [3.8, 4) is 11.4 Å². The van der Waals surface area contributed by atoms with E-state index in [1.54, 1.807) is 17.0 Å². The fourth-order valence-electron chi connectivity index (χ4n) is 3.37. The third-order valence-electron chi connectivity index (χ3n) is 5.20. The van der Waals surface area contributed by atoms with Gasteiger partial charge in [0.05, 0.1) is 4.92 Å². The minimum atomic E-state index is -0.460. The maximum absolute atomic E-state index is 13.2. The molecule has 0 aliphatic rings. The molecule has 0 N–H and O–H groups in total. The number of nitro groups is 1. The summed E-state index contributed by atoms with van der Waals surface area (Å²) in [5.74, 6) is 0.659. The van der Waals surface area contributed by atoms with Gasteiger partial charge in [0, 0.05) is 42.8 Å². The molecule has 0 aliphatic heterocycles. The van der Waals surface area contributed by atoms with Crippen LogP contribution < -0.4 is 0 Å². The molecule has 3 aromatic carbocycles. The van der Waals surface area contributed by atoms with Crippen LogP contribution in [-0.2, 0) is 13.0 Å². The zero-order valence-electron chi connectivity index (χ0n) is 18.0. The molecular formula is C25H22N4O4. The number of carbonyl (C=O) groups excluding carboxylic acids is 1. The summed E-state index contributed by atoms with van der Waals surface area (Å²) in [7, 11) is 0. The Labute approximate surface area is 190 Å². The summed E-state index contributed by atoms with van der Waals surface area (Å²) >= 11 is 0. The van der Waals surface area contributed by atoms with Crippen molar-refractivity contribution in [1.29, 1.82) is 0 Å². The molecule has 0 radical (unpaired) electrons. The second-order valence-electron chi connectivity index (χ2n) is 7.64. The number of carbonyl (C=O) groups is 1. The van der Waals surface area contributed by atoms with E-state index in [0.29, 0.717) is 42.4 Å². The summed E-state index contributed by atoms with van der Waals surface area (Å²) in [5.41, 5.74) is 3.34. The first-order chi connectivity index (χ1) is 16.0. The number of non-ortho nitro benzene ring substituents is 1. The minimum Gasteiger partial charge on any atom is -0.339 e. The van der Waals surface area contributed by atoms with E-state index in [4.69, 9.17) is 4.52 Å². The molecule has 33 heavy (non-hydrogen) atoms. The molecule has 0 spiro atoms. The third kappa shape index (κ3) is 5.48. The van der Waals surface area contributed by atoms with Crippen LogP contribution >= 0.6 is 0 Å². The first-order valence-corrected chi connectivity index (χ1v) is 10.5. The molecule has 8 heteroatoms. The van der Waals surface area contributed by atoms with Gasteiger partial charge in [-0.15, -0.1) is 0 Å². The minimum absolute atomic E-state index is 0.00589. The Bertz CT molecular complexity index is 1240. The van der Waals surface area contributed by atoms with E-state index in [1.165, 1.54) is 12.1 Å². The fourth-order valence-corrected chi connectivity index (χ4v) is 3.37. The van der Waals surface area contributed by atoms with Crippen molar-refractivity contribution >= 4 is 11.6 Å². The smallest absolute Gasteiger partial charge is 0.269 e. The summed E-state index contributed by atoms with van der Waals surface area (Å²) in [4.78, 5) is 29.7. The lowest BCUT2D eigenvalue weighted by atomic mass is 10.1. The number of aryl methyl sites for hydroxylation is 1. The quantitative estimate of drug-likeness (QED) is 0.286. The second kappa shape index (κ2) is 9.86. The lowest BCUT2D eigenvalue weighted by Gasteiger charge is -2.22. The highest BCUT2D eigenvalue weighted by molar-refractivity contribution is 5.94. The lowest BCUT2D eigenvalue weighted by Crippen LogP contribution is -2.32. The van der Waals surface area contributed by atoms with Crippen molar-refractivity contribution in [3.05, 3.63) is 112 Å². The van der Waals surface area contributed by atoms with Crippen LogP contribution in [0.2, 0.25) is 0 Å². The van der Waals surface area contributed by atoms with Gasteiger partial charge in [0.15, 0.2) is 0 Å². The van der Waals surface area contributed by atoms with Crippen LogP contribution in [0.15, 0.2) is 83.4 Å². The van der Waals surface area contributed by atoms with Gasteiger partial charge < -0.3 is 9.42 Å². The second-order valence-corrected chi connectivity index (χ2v) is 7.64. The van der Waals surface area contributed by atoms with Crippen molar-refractivity contribution in [2.45, 2.75) is 19.9 Å². The monoisotopic (exact) mass is 442 g/mol. The van der Waals surface area contributed by atoms with Crippen molar-refractivity contribution in [3.63, 3.8) is 0 Å². The van der Waals surface area contributed by atoms with Crippen molar-refractivity contribution in [2.24, 2.45) is 0 Å². The molecule has 0 aliphatic carbocycles. The standard InChI is InChI=1S/C25H22N4O4/c1-18-7-9-21(10-8-18)25(30)28(17-19-5-3-2-4-6-19)16-15-23-26-24(27-33-23)20-11-13-22(14-12-20)29(31)32/h2-14H,15-17H2,1H3. The zero-order chi connectivity index (χ0) is 23.2. The van der Waals surface area contributed by atoms with Crippen molar-refractivity contribution < 1.29 is 14.2 Å². The molecule has 1 aromatic heterocycles. The van der Waals surface area contributed by atoms with Crippen LogP contribution in [0, 0.1) is 17.0 Å². The number of nitro benzene ring substituents is 1. The summed E-state index contributed by atoms with van der Waals surface area (Å²) in [6, 6.07) is 23.2. The van der Waals surface area contributed by atoms with Gasteiger partial charge in [-0.1, -0.05) is 53.2 Å². The van der Waals surface area contributed by atoms with Crippen LogP contribution in [0.5, 0.6) is 0 Å². The van der Waals surface area contributed by atoms with Gasteiger partial charge in [-0.3, -0.25) is 14.9 Å². The Kier molecular flexibility index (Phi) is 6.54. The first kappa shape index (κ1) is 21.9. The van der Waals surface area contributed by atoms with Crippen molar-refractivity contribution in [2.75, 3.05) is 6.54 Å². The molecule has 8 nitrogen and oxygen atoms in total. The van der Waals surface area contributed by atoms with E-state index in [0.717, 1.165) is 11.1 Å². The molecule has 0 bridgehead atoms. The van der Waals surface area contributed by atoms with Crippen LogP contribution in [0.4, 0.5) is 5.69 Å². The van der Waals surface area contributed by atoms with E-state index < -0.39 is 4.92 Å². The van der Waals surface area contributed by atoms with Gasteiger partial charge >= 0.3 is 0 Å². The fraction of sp³-hybridized carbons (Fsp3) is 0.160. The number of hydrogen-bond acceptors (Lipinski definition) is 6. The third-order valence-corrected chi connectivity index (χ3v) is 5.20. The Morgan fingerprint density at radius 3 is 2.36 bits per heavy atom. The van der Waals surface area contributed by atoms with Gasteiger partial charge in [-0.05, 0) is 36.8 Å². The van der Waals surface area contributed by atoms with Crippen LogP contribution in [0.3, 0.4) is 0 Å². The van der Waals surface area contributed by atoms with Gasteiger partial charge in [-0.2, -0.15) is 4.98 Å². The molecule has 4 rings (SSSR count). The van der Waals surface area contributed by atoms with Gasteiger partial charge in [-0.25, -0.2) is 0 Å². The number of nitrogens with zero attached hydrogens (tertiary/aromatic N) is 4. The van der Waals surface area contributed by atoms with Gasteiger partial charge in [0.1, 0.15) is 0 Å². The topological polar surface area (TPSA) is 102 Å². The number of aromatic nitrogens is 2.